The van der Waals surface area contributed by atoms with Gasteiger partial charge in [0.25, 0.3) is 0 Å². The zero-order chi connectivity index (χ0) is 18.6. The van der Waals surface area contributed by atoms with E-state index in [-0.39, 0.29) is 151 Å². The van der Waals surface area contributed by atoms with Gasteiger partial charge in [-0.15, -0.1) is 0 Å². The van der Waals surface area contributed by atoms with Crippen molar-refractivity contribution in [3.8, 4) is 0 Å². The van der Waals surface area contributed by atoms with Crippen molar-refractivity contribution in [2.24, 2.45) is 0 Å². The normalized spacial score (nSPS) is 16.0. The molecule has 0 radical (unpaired) electrons. The summed E-state index contributed by atoms with van der Waals surface area (Å²) in [6, 6.07) is 0. The molecule has 4 aliphatic carbocycles. The van der Waals surface area contributed by atoms with Crippen molar-refractivity contribution in [3.63, 3.8) is 0 Å². The zero-order valence-corrected chi connectivity index (χ0v) is 21.6. The first kappa shape index (κ1) is 42.9. The molecule has 0 saturated carbocycles. The second-order valence-electron chi connectivity index (χ2n) is 7.12. The molecule has 4 heteroatoms. The van der Waals surface area contributed by atoms with E-state index in [9.17, 15) is 0 Å². The quantitative estimate of drug-likeness (QED) is 0.290. The van der Waals surface area contributed by atoms with E-state index in [1.165, 1.54) is 81.8 Å². The fraction of sp³-hybridized carbons (Fsp3) is 0.600. The fourth-order valence-electron chi connectivity index (χ4n) is 2.61. The van der Waals surface area contributed by atoms with Gasteiger partial charge in [-0.3, -0.25) is 0 Å². The molecule has 0 fully saturated rings. The molecular formula is C25H42Ar4. The van der Waals surface area contributed by atoms with Gasteiger partial charge in [0, 0.05) is 151 Å². The summed E-state index contributed by atoms with van der Waals surface area (Å²) in [6.45, 7) is 8.57. The first-order valence-electron chi connectivity index (χ1n) is 10.5. The van der Waals surface area contributed by atoms with Crippen LogP contribution in [0.5, 0.6) is 0 Å². The van der Waals surface area contributed by atoms with Crippen LogP contribution in [0, 0.1) is 151 Å². The van der Waals surface area contributed by atoms with Crippen LogP contribution in [0.25, 0.3) is 0 Å². The number of hydrogen-bond donors (Lipinski definition) is 0. The molecule has 0 saturated heterocycles. The maximum absolute atomic E-state index is 2.24. The third-order valence-corrected chi connectivity index (χ3v) is 3.93. The average Bonchev–Trinajstić information content (AvgIpc) is 3.40. The molecule has 0 bridgehead atoms. The van der Waals surface area contributed by atoms with E-state index in [1.807, 2.05) is 0 Å². The van der Waals surface area contributed by atoms with Crippen LogP contribution in [0.15, 0.2) is 59.8 Å². The molecule has 0 aliphatic heterocycles. The molecule has 0 nitrogen and oxygen atoms in total. The minimum Gasteiger partial charge on any atom is -0.0885 e. The van der Waals surface area contributed by atoms with Crippen molar-refractivity contribution in [3.05, 3.63) is 59.8 Å². The Kier molecular flexibility index (Phi) is 53.7. The number of allylic oxidation sites excluding steroid dienone is 10. The summed E-state index contributed by atoms with van der Waals surface area (Å²) < 4.78 is 0. The molecule has 0 aromatic rings. The predicted molar refractivity (Wildman–Crippen MR) is 117 cm³/mol. The Hall–Kier alpha value is 3.74. The van der Waals surface area contributed by atoms with Crippen LogP contribution in [-0.4, -0.2) is 0 Å². The van der Waals surface area contributed by atoms with Crippen molar-refractivity contribution in [1.29, 1.82) is 0 Å². The largest absolute Gasteiger partial charge is 0.0885 e. The molecule has 4 rings (SSSR count). The van der Waals surface area contributed by atoms with Gasteiger partial charge in [0.15, 0.2) is 0 Å². The second kappa shape index (κ2) is 36.3. The topological polar surface area (TPSA) is 0 Å². The molecule has 0 aromatic carbocycles. The third kappa shape index (κ3) is 36.5. The van der Waals surface area contributed by atoms with Gasteiger partial charge in [-0.2, -0.15) is 0 Å². The summed E-state index contributed by atoms with van der Waals surface area (Å²) in [5.41, 5.74) is 2.97. The Bertz CT molecular complexity index is 374. The van der Waals surface area contributed by atoms with Gasteiger partial charge < -0.3 is 0 Å². The van der Waals surface area contributed by atoms with E-state index in [0.29, 0.717) is 0 Å². The van der Waals surface area contributed by atoms with Gasteiger partial charge in [-0.1, -0.05) is 80.0 Å². The zero-order valence-electron chi connectivity index (χ0n) is 18.8. The molecule has 174 valence electrons. The Morgan fingerprint density at radius 2 is 0.724 bits per heavy atom. The predicted octanol–water partition coefficient (Wildman–Crippen LogP) is 8.88. The molecule has 0 unspecified atom stereocenters. The van der Waals surface area contributed by atoms with Crippen LogP contribution in [0.1, 0.15) is 98.3 Å². The van der Waals surface area contributed by atoms with Crippen LogP contribution < -0.4 is 0 Å². The molecule has 4 aliphatic rings. The van der Waals surface area contributed by atoms with E-state index in [2.05, 4.69) is 76.3 Å². The summed E-state index contributed by atoms with van der Waals surface area (Å²) in [6.07, 6.45) is 32.3. The molecule has 0 heterocycles. The summed E-state index contributed by atoms with van der Waals surface area (Å²) in [5.74, 6) is 0. The maximum Gasteiger partial charge on any atom is 0 e. The van der Waals surface area contributed by atoms with Gasteiger partial charge in [0.05, 0.1) is 0 Å². The summed E-state index contributed by atoms with van der Waals surface area (Å²) in [4.78, 5) is 0. The molecule has 0 amide bonds. The maximum atomic E-state index is 2.24. The van der Waals surface area contributed by atoms with Crippen LogP contribution in [-0.2, 0) is 0 Å². The van der Waals surface area contributed by atoms with Gasteiger partial charge in [-0.05, 0) is 78.1 Å². The SMILES string of the molecule is C1=CCCC1.C1=CCCC1.C1=CCCC1.CC1=CC=C(C)C1.CCC.[Ar].[Ar].[Ar].[Ar]. The van der Waals surface area contributed by atoms with E-state index in [4.69, 9.17) is 0 Å². The summed E-state index contributed by atoms with van der Waals surface area (Å²) in [5, 5.41) is 0. The van der Waals surface area contributed by atoms with Gasteiger partial charge >= 0.3 is 0 Å². The van der Waals surface area contributed by atoms with Crippen molar-refractivity contribution < 1.29 is 151 Å². The smallest absolute Gasteiger partial charge is 0 e. The Balaban J connectivity index is -0.0000000816. The molecule has 0 N–H and O–H groups in total. The monoisotopic (exact) mass is 502 g/mol. The molecule has 0 aromatic heterocycles. The standard InChI is InChI=1S/C7H10.3C5H8.C3H8.4Ar/c1-6-3-4-7(2)5-6;3*1-2-4-5-3-1;1-3-2;;;;/h3-4H,5H2,1-2H3;3*1-2H,3-5H2;3H2,1-2H3;;;;. The van der Waals surface area contributed by atoms with Gasteiger partial charge in [0.2, 0.25) is 0 Å². The van der Waals surface area contributed by atoms with Crippen LogP contribution in [0.3, 0.4) is 0 Å². The fourth-order valence-corrected chi connectivity index (χ4v) is 2.61. The third-order valence-electron chi connectivity index (χ3n) is 3.93. The number of rotatable bonds is 0. The van der Waals surface area contributed by atoms with Gasteiger partial charge in [-0.25, -0.2) is 0 Å². The van der Waals surface area contributed by atoms with E-state index < -0.39 is 0 Å². The van der Waals surface area contributed by atoms with Crippen molar-refractivity contribution in [2.45, 2.75) is 98.3 Å². The molecular weight excluding hydrogens is 460 g/mol. The first-order valence-corrected chi connectivity index (χ1v) is 10.5. The van der Waals surface area contributed by atoms with Crippen molar-refractivity contribution in [1.82, 2.24) is 0 Å². The minimum absolute atomic E-state index is 0. The van der Waals surface area contributed by atoms with Crippen LogP contribution in [0.2, 0.25) is 0 Å². The van der Waals surface area contributed by atoms with Crippen LogP contribution >= 0.6 is 0 Å². The molecule has 0 atom stereocenters. The molecule has 0 spiro atoms. The Morgan fingerprint density at radius 3 is 0.793 bits per heavy atom. The van der Waals surface area contributed by atoms with E-state index >= 15 is 0 Å². The van der Waals surface area contributed by atoms with E-state index in [0.717, 1.165) is 0 Å². The van der Waals surface area contributed by atoms with Crippen molar-refractivity contribution >= 4 is 0 Å². The second-order valence-corrected chi connectivity index (χ2v) is 7.12. The summed E-state index contributed by atoms with van der Waals surface area (Å²) in [7, 11) is 0. The van der Waals surface area contributed by atoms with Gasteiger partial charge in [0.1, 0.15) is 0 Å². The van der Waals surface area contributed by atoms with Crippen LogP contribution in [0.4, 0.5) is 0 Å². The summed E-state index contributed by atoms with van der Waals surface area (Å²) >= 11 is 0. The Labute approximate surface area is 303 Å². The van der Waals surface area contributed by atoms with Crippen molar-refractivity contribution in [2.75, 3.05) is 0 Å². The Morgan fingerprint density at radius 1 is 0.517 bits per heavy atom. The first-order chi connectivity index (χ1) is 12.2. The average molecular weight is 502 g/mol. The number of hydrogen-bond acceptors (Lipinski definition) is 0. The molecule has 29 heavy (non-hydrogen) atoms. The minimum atomic E-state index is 0. The van der Waals surface area contributed by atoms with E-state index in [1.54, 1.807) is 0 Å².